The number of methoxy groups -OCH3 is 2. The van der Waals surface area contributed by atoms with Crippen LogP contribution in [0.15, 0.2) is 18.2 Å². The van der Waals surface area contributed by atoms with Gasteiger partial charge in [-0.15, -0.1) is 0 Å². The molecule has 0 aliphatic heterocycles. The van der Waals surface area contributed by atoms with Gasteiger partial charge in [0.15, 0.2) is 0 Å². The van der Waals surface area contributed by atoms with Crippen LogP contribution < -0.4 is 14.8 Å². The summed E-state index contributed by atoms with van der Waals surface area (Å²) in [5.41, 5.74) is 0.855. The van der Waals surface area contributed by atoms with Gasteiger partial charge < -0.3 is 19.9 Å². The first-order chi connectivity index (χ1) is 8.08. The van der Waals surface area contributed by atoms with Crippen LogP contribution in [0.4, 0.5) is 5.69 Å². The maximum Gasteiger partial charge on any atom is 0.145 e. The van der Waals surface area contributed by atoms with Crippen molar-refractivity contribution < 1.29 is 14.6 Å². The van der Waals surface area contributed by atoms with Crippen molar-refractivity contribution in [1.29, 1.82) is 0 Å². The monoisotopic (exact) mass is 239 g/mol. The van der Waals surface area contributed by atoms with E-state index in [4.69, 9.17) is 9.47 Å². The molecule has 0 fully saturated rings. The highest BCUT2D eigenvalue weighted by atomic mass is 16.5. The Hall–Kier alpha value is -1.42. The third-order valence-electron chi connectivity index (χ3n) is 2.68. The SMILES string of the molecule is COc1ccc(NCC(O)C(C)C)c(OC)c1. The Morgan fingerprint density at radius 3 is 2.47 bits per heavy atom. The van der Waals surface area contributed by atoms with Gasteiger partial charge in [-0.1, -0.05) is 13.8 Å². The Morgan fingerprint density at radius 1 is 1.24 bits per heavy atom. The minimum absolute atomic E-state index is 0.228. The van der Waals surface area contributed by atoms with Gasteiger partial charge in [0, 0.05) is 12.6 Å². The Morgan fingerprint density at radius 2 is 1.94 bits per heavy atom. The highest BCUT2D eigenvalue weighted by Gasteiger charge is 2.10. The van der Waals surface area contributed by atoms with E-state index in [0.29, 0.717) is 12.3 Å². The molecule has 1 atom stereocenters. The molecule has 1 unspecified atom stereocenters. The lowest BCUT2D eigenvalue weighted by Crippen LogP contribution is -2.24. The number of anilines is 1. The number of ether oxygens (including phenoxy) is 2. The smallest absolute Gasteiger partial charge is 0.145 e. The fourth-order valence-electron chi connectivity index (χ4n) is 1.39. The average Bonchev–Trinajstić information content (AvgIpc) is 2.35. The molecule has 2 N–H and O–H groups in total. The molecule has 0 saturated carbocycles. The molecule has 4 nitrogen and oxygen atoms in total. The molecular formula is C13H21NO3. The zero-order chi connectivity index (χ0) is 12.8. The summed E-state index contributed by atoms with van der Waals surface area (Å²) in [6.45, 7) is 4.47. The van der Waals surface area contributed by atoms with Gasteiger partial charge in [-0.25, -0.2) is 0 Å². The van der Waals surface area contributed by atoms with Crippen LogP contribution in [-0.4, -0.2) is 32.0 Å². The van der Waals surface area contributed by atoms with E-state index in [1.165, 1.54) is 0 Å². The van der Waals surface area contributed by atoms with Crippen LogP contribution >= 0.6 is 0 Å². The van der Waals surface area contributed by atoms with E-state index >= 15 is 0 Å². The van der Waals surface area contributed by atoms with Crippen molar-refractivity contribution in [2.24, 2.45) is 5.92 Å². The molecule has 96 valence electrons. The van der Waals surface area contributed by atoms with Gasteiger partial charge in [0.05, 0.1) is 26.0 Å². The summed E-state index contributed by atoms with van der Waals surface area (Å²) < 4.78 is 10.4. The summed E-state index contributed by atoms with van der Waals surface area (Å²) in [6, 6.07) is 5.54. The minimum atomic E-state index is -0.373. The molecule has 0 amide bonds. The van der Waals surface area contributed by atoms with Gasteiger partial charge in [0.1, 0.15) is 11.5 Å². The molecule has 1 rings (SSSR count). The van der Waals surface area contributed by atoms with Crippen molar-refractivity contribution in [1.82, 2.24) is 0 Å². The minimum Gasteiger partial charge on any atom is -0.497 e. The second-order valence-electron chi connectivity index (χ2n) is 4.26. The van der Waals surface area contributed by atoms with Crippen molar-refractivity contribution in [2.75, 3.05) is 26.1 Å². The fraction of sp³-hybridized carbons (Fsp3) is 0.538. The Kier molecular flexibility index (Phi) is 5.10. The molecule has 0 aromatic heterocycles. The lowest BCUT2D eigenvalue weighted by Gasteiger charge is -2.17. The number of aliphatic hydroxyl groups excluding tert-OH is 1. The summed E-state index contributed by atoms with van der Waals surface area (Å²) >= 11 is 0. The summed E-state index contributed by atoms with van der Waals surface area (Å²) in [7, 11) is 3.23. The lowest BCUT2D eigenvalue weighted by atomic mass is 10.1. The first-order valence-corrected chi connectivity index (χ1v) is 5.72. The molecule has 0 aliphatic rings. The first kappa shape index (κ1) is 13.6. The maximum absolute atomic E-state index is 9.72. The molecule has 1 aromatic carbocycles. The molecule has 0 spiro atoms. The zero-order valence-corrected chi connectivity index (χ0v) is 10.9. The van der Waals surface area contributed by atoms with Crippen molar-refractivity contribution in [2.45, 2.75) is 20.0 Å². The van der Waals surface area contributed by atoms with Gasteiger partial charge in [0.25, 0.3) is 0 Å². The molecule has 0 radical (unpaired) electrons. The molecule has 17 heavy (non-hydrogen) atoms. The number of rotatable bonds is 6. The maximum atomic E-state index is 9.72. The average molecular weight is 239 g/mol. The van der Waals surface area contributed by atoms with Crippen molar-refractivity contribution in [3.05, 3.63) is 18.2 Å². The number of hydrogen-bond donors (Lipinski definition) is 2. The normalized spacial score (nSPS) is 12.4. The van der Waals surface area contributed by atoms with E-state index in [0.717, 1.165) is 11.4 Å². The zero-order valence-electron chi connectivity index (χ0n) is 10.9. The highest BCUT2D eigenvalue weighted by molar-refractivity contribution is 5.59. The standard InChI is InChI=1S/C13H21NO3/c1-9(2)12(15)8-14-11-6-5-10(16-3)7-13(11)17-4/h5-7,9,12,14-15H,8H2,1-4H3. The molecule has 0 bridgehead atoms. The molecule has 1 aromatic rings. The van der Waals surface area contributed by atoms with Crippen LogP contribution in [0.3, 0.4) is 0 Å². The van der Waals surface area contributed by atoms with Crippen molar-refractivity contribution in [3.63, 3.8) is 0 Å². The fourth-order valence-corrected chi connectivity index (χ4v) is 1.39. The van der Waals surface area contributed by atoms with E-state index in [1.807, 2.05) is 32.0 Å². The van der Waals surface area contributed by atoms with Crippen LogP contribution in [0.1, 0.15) is 13.8 Å². The lowest BCUT2D eigenvalue weighted by molar-refractivity contribution is 0.138. The van der Waals surface area contributed by atoms with E-state index in [2.05, 4.69) is 5.32 Å². The van der Waals surface area contributed by atoms with E-state index < -0.39 is 0 Å². The number of nitrogens with one attached hydrogen (secondary N) is 1. The van der Waals surface area contributed by atoms with E-state index in [1.54, 1.807) is 14.2 Å². The van der Waals surface area contributed by atoms with Gasteiger partial charge in [-0.2, -0.15) is 0 Å². The predicted molar refractivity (Wildman–Crippen MR) is 68.9 cm³/mol. The second-order valence-corrected chi connectivity index (χ2v) is 4.26. The van der Waals surface area contributed by atoms with Crippen LogP contribution in [-0.2, 0) is 0 Å². The van der Waals surface area contributed by atoms with Crippen LogP contribution in [0.25, 0.3) is 0 Å². The molecule has 0 heterocycles. The molecule has 4 heteroatoms. The summed E-state index contributed by atoms with van der Waals surface area (Å²) in [6.07, 6.45) is -0.373. The largest absolute Gasteiger partial charge is 0.497 e. The number of benzene rings is 1. The van der Waals surface area contributed by atoms with Gasteiger partial charge in [-0.05, 0) is 18.1 Å². The van der Waals surface area contributed by atoms with Crippen LogP contribution in [0, 0.1) is 5.92 Å². The van der Waals surface area contributed by atoms with E-state index in [9.17, 15) is 5.11 Å². The quantitative estimate of drug-likeness (QED) is 0.798. The third kappa shape index (κ3) is 3.82. The topological polar surface area (TPSA) is 50.7 Å². The Labute approximate surface area is 103 Å². The Balaban J connectivity index is 2.70. The van der Waals surface area contributed by atoms with Crippen molar-refractivity contribution in [3.8, 4) is 11.5 Å². The highest BCUT2D eigenvalue weighted by Crippen LogP contribution is 2.28. The molecular weight excluding hydrogens is 218 g/mol. The second kappa shape index (κ2) is 6.35. The molecule has 0 aliphatic carbocycles. The van der Waals surface area contributed by atoms with Crippen molar-refractivity contribution >= 4 is 5.69 Å². The van der Waals surface area contributed by atoms with Crippen LogP contribution in [0.2, 0.25) is 0 Å². The predicted octanol–water partition coefficient (Wildman–Crippen LogP) is 2.13. The summed E-state index contributed by atoms with van der Waals surface area (Å²) in [5, 5.41) is 12.9. The van der Waals surface area contributed by atoms with Gasteiger partial charge in [0.2, 0.25) is 0 Å². The van der Waals surface area contributed by atoms with Crippen LogP contribution in [0.5, 0.6) is 11.5 Å². The van der Waals surface area contributed by atoms with Gasteiger partial charge in [-0.3, -0.25) is 0 Å². The number of aliphatic hydroxyl groups is 1. The third-order valence-corrected chi connectivity index (χ3v) is 2.68. The van der Waals surface area contributed by atoms with Gasteiger partial charge >= 0.3 is 0 Å². The Bertz CT molecular complexity index is 353. The first-order valence-electron chi connectivity index (χ1n) is 5.72. The number of hydrogen-bond acceptors (Lipinski definition) is 4. The summed E-state index contributed by atoms with van der Waals surface area (Å²) in [5.74, 6) is 1.68. The van der Waals surface area contributed by atoms with E-state index in [-0.39, 0.29) is 12.0 Å². The summed E-state index contributed by atoms with van der Waals surface area (Å²) in [4.78, 5) is 0. The molecule has 0 saturated heterocycles.